The molecule has 4 amide bonds. The fourth-order valence-corrected chi connectivity index (χ4v) is 6.34. The Morgan fingerprint density at radius 2 is 1.80 bits per heavy atom. The standard InChI is InChI=1S/C31H39N5O4/c1-4-34(5-2)31(40)22-16-24-23-10-9-11-25-30(23)21(17-26(24)33(3)18-22)19-35(25)20-27(37)32-14-7-6-8-15-36-28(38)12-13-29(36)39/h9-13,16,19,22,26H,4-8,14-15,17-18,20H2,1-3H3,(H,32,37)/t22-,26-/m1/s1. The molecule has 9 nitrogen and oxygen atoms in total. The van der Waals surface area contributed by atoms with Gasteiger partial charge < -0.3 is 14.8 Å². The first-order chi connectivity index (χ1) is 19.3. The molecule has 5 rings (SSSR count). The lowest BCUT2D eigenvalue weighted by atomic mass is 9.79. The number of amides is 4. The van der Waals surface area contributed by atoms with Crippen LogP contribution in [0.5, 0.6) is 0 Å². The summed E-state index contributed by atoms with van der Waals surface area (Å²) in [5.41, 5.74) is 4.65. The molecule has 0 saturated heterocycles. The second-order valence-corrected chi connectivity index (χ2v) is 11.0. The van der Waals surface area contributed by atoms with Gasteiger partial charge in [0.1, 0.15) is 6.54 Å². The molecule has 9 heteroatoms. The summed E-state index contributed by atoms with van der Waals surface area (Å²) in [4.78, 5) is 54.7. The molecule has 2 aliphatic heterocycles. The monoisotopic (exact) mass is 545 g/mol. The average molecular weight is 546 g/mol. The summed E-state index contributed by atoms with van der Waals surface area (Å²) in [6.07, 6.45) is 10.1. The van der Waals surface area contributed by atoms with Crippen molar-refractivity contribution in [3.05, 3.63) is 53.8 Å². The van der Waals surface area contributed by atoms with Crippen molar-refractivity contribution in [3.8, 4) is 0 Å². The highest BCUT2D eigenvalue weighted by Gasteiger charge is 2.37. The van der Waals surface area contributed by atoms with E-state index in [0.717, 1.165) is 36.8 Å². The smallest absolute Gasteiger partial charge is 0.253 e. The molecule has 0 unspecified atom stereocenters. The summed E-state index contributed by atoms with van der Waals surface area (Å²) in [7, 11) is 2.10. The third-order valence-electron chi connectivity index (χ3n) is 8.45. The highest BCUT2D eigenvalue weighted by molar-refractivity contribution is 6.12. The number of benzene rings is 1. The van der Waals surface area contributed by atoms with Gasteiger partial charge >= 0.3 is 0 Å². The van der Waals surface area contributed by atoms with Crippen molar-refractivity contribution >= 4 is 40.1 Å². The largest absolute Gasteiger partial charge is 0.355 e. The summed E-state index contributed by atoms with van der Waals surface area (Å²) < 4.78 is 2.04. The molecule has 0 bridgehead atoms. The number of carbonyl (C=O) groups excluding carboxylic acids is 4. The van der Waals surface area contributed by atoms with Gasteiger partial charge in [0, 0.05) is 68.0 Å². The van der Waals surface area contributed by atoms with Crippen LogP contribution in [0, 0.1) is 5.92 Å². The molecule has 1 aromatic heterocycles. The third kappa shape index (κ3) is 5.35. The van der Waals surface area contributed by atoms with E-state index in [-0.39, 0.29) is 42.1 Å². The summed E-state index contributed by atoms with van der Waals surface area (Å²) in [6, 6.07) is 6.47. The van der Waals surface area contributed by atoms with Gasteiger partial charge in [0.05, 0.1) is 5.92 Å². The van der Waals surface area contributed by atoms with E-state index in [9.17, 15) is 19.2 Å². The van der Waals surface area contributed by atoms with E-state index in [4.69, 9.17) is 0 Å². The van der Waals surface area contributed by atoms with Gasteiger partial charge in [-0.3, -0.25) is 29.0 Å². The van der Waals surface area contributed by atoms with E-state index in [1.165, 1.54) is 33.6 Å². The number of aromatic nitrogens is 1. The Bertz CT molecular complexity index is 1370. The number of carbonyl (C=O) groups is 4. The van der Waals surface area contributed by atoms with Crippen LogP contribution in [0.15, 0.2) is 42.6 Å². The Balaban J connectivity index is 1.23. The van der Waals surface area contributed by atoms with Gasteiger partial charge in [-0.2, -0.15) is 0 Å². The summed E-state index contributed by atoms with van der Waals surface area (Å²) in [6.45, 7) is 7.39. The predicted molar refractivity (Wildman–Crippen MR) is 154 cm³/mol. The minimum atomic E-state index is -0.251. The number of nitrogens with zero attached hydrogens (tertiary/aromatic N) is 4. The van der Waals surface area contributed by atoms with Crippen LogP contribution in [0.4, 0.5) is 0 Å². The number of nitrogens with one attached hydrogen (secondary N) is 1. The molecule has 212 valence electrons. The predicted octanol–water partition coefficient (Wildman–Crippen LogP) is 2.59. The van der Waals surface area contributed by atoms with Gasteiger partial charge in [-0.05, 0) is 69.3 Å². The minimum Gasteiger partial charge on any atom is -0.355 e. The maximum absolute atomic E-state index is 13.2. The van der Waals surface area contributed by atoms with Gasteiger partial charge in [0.15, 0.2) is 0 Å². The van der Waals surface area contributed by atoms with Crippen LogP contribution in [-0.4, -0.2) is 88.7 Å². The zero-order valence-electron chi connectivity index (χ0n) is 23.7. The second kappa shape index (κ2) is 11.8. The molecule has 0 radical (unpaired) electrons. The average Bonchev–Trinajstić information content (AvgIpc) is 3.46. The molecular weight excluding hydrogens is 506 g/mol. The van der Waals surface area contributed by atoms with Gasteiger partial charge in [0.25, 0.3) is 11.8 Å². The molecule has 0 saturated carbocycles. The Morgan fingerprint density at radius 3 is 2.52 bits per heavy atom. The number of unbranched alkanes of at least 4 members (excludes halogenated alkanes) is 2. The van der Waals surface area contributed by atoms with E-state index in [1.807, 2.05) is 29.4 Å². The third-order valence-corrected chi connectivity index (χ3v) is 8.45. The van der Waals surface area contributed by atoms with Crippen LogP contribution < -0.4 is 5.32 Å². The van der Waals surface area contributed by atoms with Crippen LogP contribution in [0.1, 0.15) is 44.2 Å². The lowest BCUT2D eigenvalue weighted by Crippen LogP contribution is -2.47. The summed E-state index contributed by atoms with van der Waals surface area (Å²) in [5, 5.41) is 4.20. The Kier molecular flexibility index (Phi) is 8.21. The number of rotatable bonds is 11. The normalized spacial score (nSPS) is 20.2. The minimum absolute atomic E-state index is 0.0409. The lowest BCUT2D eigenvalue weighted by molar-refractivity contribution is -0.137. The lowest BCUT2D eigenvalue weighted by Gasteiger charge is -2.40. The van der Waals surface area contributed by atoms with Gasteiger partial charge in [0.2, 0.25) is 11.8 Å². The molecule has 2 atom stereocenters. The summed E-state index contributed by atoms with van der Waals surface area (Å²) >= 11 is 0. The van der Waals surface area contributed by atoms with Gasteiger partial charge in [-0.25, -0.2) is 0 Å². The molecule has 1 aliphatic carbocycles. The maximum atomic E-state index is 13.2. The first-order valence-electron chi connectivity index (χ1n) is 14.4. The van der Waals surface area contributed by atoms with Crippen LogP contribution in [-0.2, 0) is 32.1 Å². The van der Waals surface area contributed by atoms with Gasteiger partial charge in [-0.15, -0.1) is 0 Å². The van der Waals surface area contributed by atoms with Crippen molar-refractivity contribution in [3.63, 3.8) is 0 Å². The van der Waals surface area contributed by atoms with Crippen molar-refractivity contribution in [2.75, 3.05) is 39.8 Å². The molecule has 1 aromatic carbocycles. The van der Waals surface area contributed by atoms with Crippen LogP contribution in [0.2, 0.25) is 0 Å². The van der Waals surface area contributed by atoms with Crippen LogP contribution >= 0.6 is 0 Å². The Morgan fingerprint density at radius 1 is 1.05 bits per heavy atom. The van der Waals surface area contributed by atoms with E-state index in [2.05, 4.69) is 41.7 Å². The second-order valence-electron chi connectivity index (χ2n) is 11.0. The molecule has 0 spiro atoms. The van der Waals surface area contributed by atoms with E-state index in [0.29, 0.717) is 32.7 Å². The van der Waals surface area contributed by atoms with Crippen molar-refractivity contribution < 1.29 is 19.2 Å². The molecule has 40 heavy (non-hydrogen) atoms. The highest BCUT2D eigenvalue weighted by atomic mass is 16.2. The molecule has 0 fully saturated rings. The molecule has 1 N–H and O–H groups in total. The van der Waals surface area contributed by atoms with Crippen LogP contribution in [0.3, 0.4) is 0 Å². The summed E-state index contributed by atoms with van der Waals surface area (Å²) in [5.74, 6) is -0.516. The maximum Gasteiger partial charge on any atom is 0.253 e. The Labute approximate surface area is 235 Å². The molecule has 2 aromatic rings. The fourth-order valence-electron chi connectivity index (χ4n) is 6.34. The van der Waals surface area contributed by atoms with Crippen molar-refractivity contribution in [2.24, 2.45) is 5.92 Å². The van der Waals surface area contributed by atoms with Crippen molar-refractivity contribution in [1.29, 1.82) is 0 Å². The highest BCUT2D eigenvalue weighted by Crippen LogP contribution is 2.41. The molecular formula is C31H39N5O4. The van der Waals surface area contributed by atoms with Crippen LogP contribution in [0.25, 0.3) is 16.5 Å². The SMILES string of the molecule is CCN(CC)C(=O)[C@@H]1C=C2c3cccc4c3c(cn4CC(=O)NCCCCCN3C(=O)C=CC3=O)C[C@H]2N(C)C1. The zero-order chi connectivity index (χ0) is 28.4. The topological polar surface area (TPSA) is 95.0 Å². The van der Waals surface area contributed by atoms with E-state index >= 15 is 0 Å². The van der Waals surface area contributed by atoms with Crippen molar-refractivity contribution in [1.82, 2.24) is 24.6 Å². The number of hydrogen-bond acceptors (Lipinski definition) is 5. The number of fused-ring (bicyclic) bond motifs is 2. The molecule has 3 aliphatic rings. The van der Waals surface area contributed by atoms with E-state index in [1.54, 1.807) is 0 Å². The first kappa shape index (κ1) is 27.8. The molecule has 3 heterocycles. The van der Waals surface area contributed by atoms with Crippen molar-refractivity contribution in [2.45, 2.75) is 52.1 Å². The number of likely N-dealkylation sites (N-methyl/N-ethyl adjacent to an activating group) is 1. The zero-order valence-corrected chi connectivity index (χ0v) is 23.7. The fraction of sp³-hybridized carbons (Fsp3) is 0.484. The first-order valence-corrected chi connectivity index (χ1v) is 14.4. The Hall–Kier alpha value is -3.72. The van der Waals surface area contributed by atoms with E-state index < -0.39 is 0 Å². The quantitative estimate of drug-likeness (QED) is 0.346. The number of hydrogen-bond donors (Lipinski definition) is 1. The number of imide groups is 1. The van der Waals surface area contributed by atoms with Gasteiger partial charge in [-0.1, -0.05) is 18.2 Å².